The highest BCUT2D eigenvalue weighted by Gasteiger charge is 2.18. The van der Waals surface area contributed by atoms with Crippen molar-refractivity contribution in [2.24, 2.45) is 0 Å². The Balaban J connectivity index is 3.09. The Hall–Kier alpha value is -0.100. The van der Waals surface area contributed by atoms with Crippen LogP contribution in [0, 0.1) is 0 Å². The second kappa shape index (κ2) is 3.96. The first kappa shape index (κ1) is 11.0. The second-order valence-electron chi connectivity index (χ2n) is 2.67. The fourth-order valence-corrected chi connectivity index (χ4v) is 3.05. The average molecular weight is 240 g/mol. The van der Waals surface area contributed by atoms with Gasteiger partial charge >= 0.3 is 0 Å². The molecule has 1 aromatic rings. The van der Waals surface area contributed by atoms with Gasteiger partial charge in [0.2, 0.25) is 10.0 Å². The van der Waals surface area contributed by atoms with Gasteiger partial charge in [-0.3, -0.25) is 0 Å². The molecule has 0 radical (unpaired) electrons. The lowest BCUT2D eigenvalue weighted by molar-refractivity contribution is 0.521. The van der Waals surface area contributed by atoms with Crippen LogP contribution in [0.5, 0.6) is 0 Å². The van der Waals surface area contributed by atoms with Crippen LogP contribution < -0.4 is 0 Å². The fourth-order valence-electron chi connectivity index (χ4n) is 0.777. The predicted molar refractivity (Wildman–Crippen MR) is 54.7 cm³/mol. The summed E-state index contributed by atoms with van der Waals surface area (Å²) in [5, 5.41) is 1.60. The van der Waals surface area contributed by atoms with Crippen molar-refractivity contribution in [2.45, 2.75) is 10.8 Å². The van der Waals surface area contributed by atoms with Gasteiger partial charge in [-0.25, -0.2) is 12.7 Å². The van der Waals surface area contributed by atoms with E-state index in [2.05, 4.69) is 0 Å². The smallest absolute Gasteiger partial charge is 0.207 e. The number of nitrogens with zero attached hydrogens (tertiary/aromatic N) is 1. The number of hydrogen-bond acceptors (Lipinski definition) is 3. The normalized spacial score (nSPS) is 12.3. The molecule has 1 rings (SSSR count). The summed E-state index contributed by atoms with van der Waals surface area (Å²) in [5.41, 5.74) is 0. The third-order valence-electron chi connectivity index (χ3n) is 1.54. The van der Waals surface area contributed by atoms with E-state index in [1.165, 1.54) is 29.7 Å². The summed E-state index contributed by atoms with van der Waals surface area (Å²) in [5.74, 6) is 0.355. The third kappa shape index (κ3) is 2.22. The van der Waals surface area contributed by atoms with Crippen molar-refractivity contribution >= 4 is 33.0 Å². The largest absolute Gasteiger partial charge is 0.243 e. The molecule has 0 saturated heterocycles. The first-order valence-electron chi connectivity index (χ1n) is 3.54. The first-order valence-corrected chi connectivity index (χ1v) is 6.40. The summed E-state index contributed by atoms with van der Waals surface area (Å²) in [6, 6.07) is 1.60. The maximum Gasteiger partial charge on any atom is 0.243 e. The highest BCUT2D eigenvalue weighted by molar-refractivity contribution is 7.89. The van der Waals surface area contributed by atoms with Gasteiger partial charge in [-0.15, -0.1) is 22.9 Å². The summed E-state index contributed by atoms with van der Waals surface area (Å²) in [6.45, 7) is 0. The number of halogens is 1. The van der Waals surface area contributed by atoms with E-state index in [0.717, 1.165) is 4.88 Å². The molecule has 74 valence electrons. The summed E-state index contributed by atoms with van der Waals surface area (Å²) in [6.07, 6.45) is 0. The van der Waals surface area contributed by atoms with Crippen LogP contribution in [0.4, 0.5) is 0 Å². The maximum absolute atomic E-state index is 11.6. The molecule has 0 amide bonds. The van der Waals surface area contributed by atoms with Gasteiger partial charge in [0.25, 0.3) is 0 Å². The van der Waals surface area contributed by atoms with Gasteiger partial charge in [0.1, 0.15) is 0 Å². The van der Waals surface area contributed by atoms with Crippen LogP contribution in [0.15, 0.2) is 16.3 Å². The molecule has 3 nitrogen and oxygen atoms in total. The van der Waals surface area contributed by atoms with Crippen LogP contribution in [0.25, 0.3) is 0 Å². The summed E-state index contributed by atoms with van der Waals surface area (Å²) < 4.78 is 24.3. The molecular formula is C7H10ClNO2S2. The van der Waals surface area contributed by atoms with Crippen LogP contribution in [0.2, 0.25) is 0 Å². The van der Waals surface area contributed by atoms with Gasteiger partial charge in [-0.2, -0.15) is 0 Å². The Labute approximate surface area is 87.0 Å². The minimum absolute atomic E-state index is 0.318. The SMILES string of the molecule is CN(C)S(=O)(=O)c1csc(CCl)c1. The van der Waals surface area contributed by atoms with E-state index < -0.39 is 10.0 Å². The molecule has 0 fully saturated rings. The molecule has 1 heterocycles. The van der Waals surface area contributed by atoms with Crippen molar-refractivity contribution in [3.8, 4) is 0 Å². The van der Waals surface area contributed by atoms with E-state index in [-0.39, 0.29) is 0 Å². The van der Waals surface area contributed by atoms with Crippen LogP contribution in [-0.4, -0.2) is 26.8 Å². The number of alkyl halides is 1. The van der Waals surface area contributed by atoms with Crippen LogP contribution in [0.1, 0.15) is 4.88 Å². The highest BCUT2D eigenvalue weighted by Crippen LogP contribution is 2.22. The lowest BCUT2D eigenvalue weighted by Crippen LogP contribution is -2.21. The van der Waals surface area contributed by atoms with Crippen molar-refractivity contribution in [1.82, 2.24) is 4.31 Å². The molecule has 6 heteroatoms. The van der Waals surface area contributed by atoms with Crippen LogP contribution >= 0.6 is 22.9 Å². The second-order valence-corrected chi connectivity index (χ2v) is 6.08. The highest BCUT2D eigenvalue weighted by atomic mass is 35.5. The molecule has 0 aliphatic heterocycles. The molecule has 0 N–H and O–H groups in total. The zero-order valence-corrected chi connectivity index (χ0v) is 9.71. The number of sulfonamides is 1. The van der Waals surface area contributed by atoms with Crippen molar-refractivity contribution in [1.29, 1.82) is 0 Å². The van der Waals surface area contributed by atoms with Crippen LogP contribution in [-0.2, 0) is 15.9 Å². The zero-order valence-electron chi connectivity index (χ0n) is 7.32. The van der Waals surface area contributed by atoms with Gasteiger partial charge in [0, 0.05) is 24.4 Å². The van der Waals surface area contributed by atoms with E-state index in [1.54, 1.807) is 11.4 Å². The maximum atomic E-state index is 11.6. The monoisotopic (exact) mass is 239 g/mol. The molecule has 0 saturated carbocycles. The number of hydrogen-bond donors (Lipinski definition) is 0. The Morgan fingerprint density at radius 2 is 2.15 bits per heavy atom. The average Bonchev–Trinajstić information content (AvgIpc) is 2.51. The Bertz CT molecular complexity index is 383. The minimum atomic E-state index is -3.28. The molecule has 13 heavy (non-hydrogen) atoms. The molecule has 0 spiro atoms. The predicted octanol–water partition coefficient (Wildman–Crippen LogP) is 1.74. The molecule has 0 aliphatic rings. The van der Waals surface area contributed by atoms with E-state index >= 15 is 0 Å². The Morgan fingerprint density at radius 1 is 1.54 bits per heavy atom. The molecule has 0 bridgehead atoms. The van der Waals surface area contributed by atoms with Crippen molar-refractivity contribution in [3.63, 3.8) is 0 Å². The number of thiophene rings is 1. The van der Waals surface area contributed by atoms with Gasteiger partial charge < -0.3 is 0 Å². The molecule has 0 atom stereocenters. The topological polar surface area (TPSA) is 37.4 Å². The Kier molecular flexibility index (Phi) is 3.34. The third-order valence-corrected chi connectivity index (χ3v) is 4.87. The molecule has 0 unspecified atom stereocenters. The fraction of sp³-hybridized carbons (Fsp3) is 0.429. The summed E-state index contributed by atoms with van der Waals surface area (Å²) in [4.78, 5) is 1.18. The van der Waals surface area contributed by atoms with E-state index in [1.807, 2.05) is 0 Å². The van der Waals surface area contributed by atoms with Crippen LogP contribution in [0.3, 0.4) is 0 Å². The molecule has 0 aromatic carbocycles. The lowest BCUT2D eigenvalue weighted by Gasteiger charge is -2.08. The van der Waals surface area contributed by atoms with E-state index in [9.17, 15) is 8.42 Å². The molecular weight excluding hydrogens is 230 g/mol. The van der Waals surface area contributed by atoms with E-state index in [0.29, 0.717) is 10.8 Å². The first-order chi connectivity index (χ1) is 5.98. The van der Waals surface area contributed by atoms with Crippen molar-refractivity contribution in [2.75, 3.05) is 14.1 Å². The minimum Gasteiger partial charge on any atom is -0.207 e. The van der Waals surface area contributed by atoms with Gasteiger partial charge in [-0.05, 0) is 6.07 Å². The molecule has 0 aliphatic carbocycles. The van der Waals surface area contributed by atoms with Gasteiger partial charge in [0.15, 0.2) is 0 Å². The lowest BCUT2D eigenvalue weighted by atomic mass is 10.5. The summed E-state index contributed by atoms with van der Waals surface area (Å²) >= 11 is 6.93. The Morgan fingerprint density at radius 3 is 2.54 bits per heavy atom. The summed E-state index contributed by atoms with van der Waals surface area (Å²) in [7, 11) is -0.266. The van der Waals surface area contributed by atoms with Crippen molar-refractivity contribution in [3.05, 3.63) is 16.3 Å². The molecule has 1 aromatic heterocycles. The zero-order chi connectivity index (χ0) is 10.1. The quantitative estimate of drug-likeness (QED) is 0.754. The van der Waals surface area contributed by atoms with Gasteiger partial charge in [-0.1, -0.05) is 0 Å². The number of rotatable bonds is 3. The van der Waals surface area contributed by atoms with Gasteiger partial charge in [0.05, 0.1) is 10.8 Å². The van der Waals surface area contributed by atoms with Crippen molar-refractivity contribution < 1.29 is 8.42 Å². The van der Waals surface area contributed by atoms with E-state index in [4.69, 9.17) is 11.6 Å². The standard InChI is InChI=1S/C7H10ClNO2S2/c1-9(2)13(10,11)7-3-6(4-8)12-5-7/h3,5H,4H2,1-2H3.